The lowest BCUT2D eigenvalue weighted by atomic mass is 9.86. The van der Waals surface area contributed by atoms with Crippen LogP contribution in [0, 0.1) is 0 Å². The molecule has 0 aromatic heterocycles. The van der Waals surface area contributed by atoms with Crippen molar-refractivity contribution >= 4 is 24.1 Å². The first-order valence-electron chi connectivity index (χ1n) is 13.1. The number of carbonyl (C=O) groups excluding carboxylic acids is 3. The zero-order valence-electron chi connectivity index (χ0n) is 22.4. The Morgan fingerprint density at radius 1 is 0.897 bits per heavy atom. The monoisotopic (exact) mass is 537 g/mol. The smallest absolute Gasteiger partial charge is 0.407 e. The van der Waals surface area contributed by atoms with E-state index in [1.54, 1.807) is 20.8 Å². The molecule has 208 valence electrons. The number of hydrogen-bond acceptors (Lipinski definition) is 6. The molecule has 2 aliphatic rings. The Hall–Kier alpha value is -4.08. The summed E-state index contributed by atoms with van der Waals surface area (Å²) in [5.41, 5.74) is 3.70. The Morgan fingerprint density at radius 3 is 2.03 bits per heavy atom. The molecule has 0 unspecified atom stereocenters. The van der Waals surface area contributed by atoms with Gasteiger partial charge in [-0.25, -0.2) is 14.4 Å². The molecule has 10 heteroatoms. The molecule has 10 nitrogen and oxygen atoms in total. The van der Waals surface area contributed by atoms with E-state index in [2.05, 4.69) is 16.0 Å². The quantitative estimate of drug-likeness (QED) is 0.380. The van der Waals surface area contributed by atoms with Gasteiger partial charge in [-0.05, 0) is 62.3 Å². The molecule has 39 heavy (non-hydrogen) atoms. The molecule has 0 heterocycles. The van der Waals surface area contributed by atoms with Gasteiger partial charge in [-0.1, -0.05) is 48.5 Å². The number of carboxylic acid groups (broad SMARTS) is 1. The van der Waals surface area contributed by atoms with Gasteiger partial charge in [0, 0.05) is 24.4 Å². The van der Waals surface area contributed by atoms with Crippen LogP contribution in [-0.2, 0) is 19.1 Å². The molecule has 0 saturated heterocycles. The van der Waals surface area contributed by atoms with Crippen molar-refractivity contribution in [1.82, 2.24) is 16.0 Å². The summed E-state index contributed by atoms with van der Waals surface area (Å²) in [7, 11) is 0. The summed E-state index contributed by atoms with van der Waals surface area (Å²) < 4.78 is 10.7. The van der Waals surface area contributed by atoms with Crippen molar-refractivity contribution in [2.24, 2.45) is 0 Å². The van der Waals surface area contributed by atoms with Crippen LogP contribution in [0.3, 0.4) is 0 Å². The van der Waals surface area contributed by atoms with Crippen molar-refractivity contribution in [1.29, 1.82) is 0 Å². The SMILES string of the molecule is CC(C)(C)OC(=O)NC1CC(NC(=O)CC[C@H](NC(=O)OCC2c3ccccc3-c3ccccc32)C(=O)O)C1. The van der Waals surface area contributed by atoms with Gasteiger partial charge < -0.3 is 30.5 Å². The molecule has 2 aromatic carbocycles. The van der Waals surface area contributed by atoms with Gasteiger partial charge in [0.15, 0.2) is 0 Å². The van der Waals surface area contributed by atoms with Crippen molar-refractivity contribution < 1.29 is 33.8 Å². The van der Waals surface area contributed by atoms with E-state index >= 15 is 0 Å². The van der Waals surface area contributed by atoms with Crippen molar-refractivity contribution in [2.45, 2.75) is 76.1 Å². The van der Waals surface area contributed by atoms with Crippen molar-refractivity contribution in [3.05, 3.63) is 59.7 Å². The van der Waals surface area contributed by atoms with Crippen LogP contribution in [0.1, 0.15) is 63.5 Å². The van der Waals surface area contributed by atoms with Crippen LogP contribution < -0.4 is 16.0 Å². The van der Waals surface area contributed by atoms with E-state index in [1.165, 1.54) is 0 Å². The number of alkyl carbamates (subject to hydrolysis) is 2. The van der Waals surface area contributed by atoms with Gasteiger partial charge in [0.25, 0.3) is 0 Å². The van der Waals surface area contributed by atoms with Crippen LogP contribution in [0.25, 0.3) is 11.1 Å². The summed E-state index contributed by atoms with van der Waals surface area (Å²) >= 11 is 0. The summed E-state index contributed by atoms with van der Waals surface area (Å²) in [5.74, 6) is -1.72. The second-order valence-electron chi connectivity index (χ2n) is 11.0. The number of carbonyl (C=O) groups is 4. The second-order valence-corrected chi connectivity index (χ2v) is 11.0. The summed E-state index contributed by atoms with van der Waals surface area (Å²) in [6, 6.07) is 14.4. The van der Waals surface area contributed by atoms with Crippen LogP contribution in [0.15, 0.2) is 48.5 Å². The van der Waals surface area contributed by atoms with E-state index in [0.29, 0.717) is 12.8 Å². The minimum atomic E-state index is -1.27. The van der Waals surface area contributed by atoms with Crippen LogP contribution in [0.2, 0.25) is 0 Å². The lowest BCUT2D eigenvalue weighted by molar-refractivity contribution is -0.139. The Morgan fingerprint density at radius 2 is 1.46 bits per heavy atom. The molecule has 3 amide bonds. The molecule has 4 N–H and O–H groups in total. The first-order chi connectivity index (χ1) is 18.5. The fourth-order valence-corrected chi connectivity index (χ4v) is 4.94. The zero-order valence-corrected chi connectivity index (χ0v) is 22.4. The number of fused-ring (bicyclic) bond motifs is 3. The number of nitrogens with one attached hydrogen (secondary N) is 3. The van der Waals surface area contributed by atoms with Gasteiger partial charge in [0.1, 0.15) is 18.2 Å². The summed E-state index contributed by atoms with van der Waals surface area (Å²) in [5, 5.41) is 17.5. The summed E-state index contributed by atoms with van der Waals surface area (Å²) in [4.78, 5) is 48.4. The standard InChI is InChI=1S/C29H35N3O7/c1-29(2,3)39-28(37)31-18-14-17(15-18)30-25(33)13-12-24(26(34)35)32-27(36)38-16-23-21-10-6-4-8-19(21)20-9-5-7-11-22(20)23/h4-11,17-18,23-24H,12-16H2,1-3H3,(H,30,33)(H,31,37)(H,32,36)(H,34,35)/t17?,18?,24-/m0/s1. The maximum Gasteiger partial charge on any atom is 0.407 e. The number of ether oxygens (including phenoxy) is 2. The van der Waals surface area contributed by atoms with E-state index in [0.717, 1.165) is 22.3 Å². The van der Waals surface area contributed by atoms with Gasteiger partial charge in [-0.2, -0.15) is 0 Å². The molecule has 2 aromatic rings. The van der Waals surface area contributed by atoms with Gasteiger partial charge in [-0.3, -0.25) is 4.79 Å². The molecule has 2 aliphatic carbocycles. The van der Waals surface area contributed by atoms with Crippen LogP contribution >= 0.6 is 0 Å². The van der Waals surface area contributed by atoms with Crippen LogP contribution in [0.4, 0.5) is 9.59 Å². The number of amides is 3. The second kappa shape index (κ2) is 11.8. The van der Waals surface area contributed by atoms with Crippen molar-refractivity contribution in [3.63, 3.8) is 0 Å². The number of carboxylic acids is 1. The lowest BCUT2D eigenvalue weighted by Crippen LogP contribution is -2.54. The minimum Gasteiger partial charge on any atom is -0.480 e. The molecular weight excluding hydrogens is 502 g/mol. The zero-order chi connectivity index (χ0) is 28.2. The third-order valence-corrected chi connectivity index (χ3v) is 6.82. The number of aliphatic carboxylic acids is 1. The van der Waals surface area contributed by atoms with E-state index in [4.69, 9.17) is 9.47 Å². The largest absolute Gasteiger partial charge is 0.480 e. The fraction of sp³-hybridized carbons (Fsp3) is 0.448. The Kier molecular flexibility index (Phi) is 8.42. The van der Waals surface area contributed by atoms with Gasteiger partial charge in [0.05, 0.1) is 0 Å². The Balaban J connectivity index is 1.20. The van der Waals surface area contributed by atoms with Crippen molar-refractivity contribution in [2.75, 3.05) is 6.61 Å². The van der Waals surface area contributed by atoms with Gasteiger partial charge in [-0.15, -0.1) is 0 Å². The average molecular weight is 538 g/mol. The third-order valence-electron chi connectivity index (χ3n) is 6.82. The maximum absolute atomic E-state index is 12.5. The number of benzene rings is 2. The highest BCUT2D eigenvalue weighted by Gasteiger charge is 2.33. The Labute approximate surface area is 227 Å². The molecule has 1 fully saturated rings. The third kappa shape index (κ3) is 7.28. The average Bonchev–Trinajstić information content (AvgIpc) is 3.16. The summed E-state index contributed by atoms with van der Waals surface area (Å²) in [6.45, 7) is 5.41. The topological polar surface area (TPSA) is 143 Å². The fourth-order valence-electron chi connectivity index (χ4n) is 4.94. The first-order valence-corrected chi connectivity index (χ1v) is 13.1. The number of rotatable bonds is 9. The predicted octanol–water partition coefficient (Wildman–Crippen LogP) is 3.93. The van der Waals surface area contributed by atoms with E-state index in [-0.39, 0.29) is 43.4 Å². The highest BCUT2D eigenvalue weighted by molar-refractivity contribution is 5.82. The van der Waals surface area contributed by atoms with Gasteiger partial charge in [0.2, 0.25) is 5.91 Å². The highest BCUT2D eigenvalue weighted by atomic mass is 16.6. The van der Waals surface area contributed by atoms with Crippen LogP contribution in [0.5, 0.6) is 0 Å². The molecule has 1 saturated carbocycles. The molecule has 0 aliphatic heterocycles. The lowest BCUT2D eigenvalue weighted by Gasteiger charge is -2.36. The van der Waals surface area contributed by atoms with Crippen molar-refractivity contribution in [3.8, 4) is 11.1 Å². The predicted molar refractivity (Wildman–Crippen MR) is 143 cm³/mol. The highest BCUT2D eigenvalue weighted by Crippen LogP contribution is 2.44. The molecule has 1 atom stereocenters. The molecule has 0 radical (unpaired) electrons. The van der Waals surface area contributed by atoms with E-state index in [9.17, 15) is 24.3 Å². The molecule has 4 rings (SSSR count). The molecule has 0 spiro atoms. The molecular formula is C29H35N3O7. The van der Waals surface area contributed by atoms with E-state index in [1.807, 2.05) is 48.5 Å². The minimum absolute atomic E-state index is 0.0624. The Bertz CT molecular complexity index is 1190. The normalized spacial score (nSPS) is 18.5. The number of hydrogen-bond donors (Lipinski definition) is 4. The maximum atomic E-state index is 12.5. The van der Waals surface area contributed by atoms with Gasteiger partial charge >= 0.3 is 18.2 Å². The van der Waals surface area contributed by atoms with Crippen LogP contribution in [-0.4, -0.2) is 59.5 Å². The summed E-state index contributed by atoms with van der Waals surface area (Å²) in [6.07, 6.45) is -0.393. The first kappa shape index (κ1) is 27.9. The molecule has 0 bridgehead atoms. The van der Waals surface area contributed by atoms with E-state index < -0.39 is 29.8 Å².